The molecular formula is C7H9F3N4O. The molecule has 0 atom stereocenters. The maximum Gasteiger partial charge on any atom is 0.435 e. The molecule has 0 aliphatic heterocycles. The van der Waals surface area contributed by atoms with Crippen molar-refractivity contribution in [2.75, 3.05) is 0 Å². The van der Waals surface area contributed by atoms with Gasteiger partial charge < -0.3 is 10.9 Å². The molecule has 0 bridgehead atoms. The number of amidine groups is 1. The zero-order valence-electron chi connectivity index (χ0n) is 7.78. The van der Waals surface area contributed by atoms with Gasteiger partial charge >= 0.3 is 6.18 Å². The number of aromatic nitrogens is 2. The third-order valence-corrected chi connectivity index (χ3v) is 1.71. The highest BCUT2D eigenvalue weighted by molar-refractivity contribution is 5.79. The van der Waals surface area contributed by atoms with Crippen molar-refractivity contribution in [2.24, 2.45) is 10.9 Å². The molecule has 0 saturated carbocycles. The smallest absolute Gasteiger partial charge is 0.409 e. The van der Waals surface area contributed by atoms with Crippen LogP contribution in [-0.2, 0) is 12.7 Å². The number of oxime groups is 1. The molecule has 0 spiro atoms. The van der Waals surface area contributed by atoms with Gasteiger partial charge in [0, 0.05) is 5.69 Å². The van der Waals surface area contributed by atoms with E-state index < -0.39 is 11.9 Å². The van der Waals surface area contributed by atoms with Crippen LogP contribution >= 0.6 is 0 Å². The lowest BCUT2D eigenvalue weighted by Crippen LogP contribution is -2.21. The summed E-state index contributed by atoms with van der Waals surface area (Å²) < 4.78 is 37.7. The third-order valence-electron chi connectivity index (χ3n) is 1.71. The molecule has 15 heavy (non-hydrogen) atoms. The minimum atomic E-state index is -4.48. The van der Waals surface area contributed by atoms with E-state index in [1.807, 2.05) is 0 Å². The lowest BCUT2D eigenvalue weighted by atomic mass is 10.3. The van der Waals surface area contributed by atoms with Gasteiger partial charge in [0.25, 0.3) is 0 Å². The number of halogens is 3. The quantitative estimate of drug-likeness (QED) is 0.338. The Bertz CT molecular complexity index is 382. The van der Waals surface area contributed by atoms with Gasteiger partial charge in [0.2, 0.25) is 0 Å². The fourth-order valence-electron chi connectivity index (χ4n) is 0.994. The summed E-state index contributed by atoms with van der Waals surface area (Å²) >= 11 is 0. The van der Waals surface area contributed by atoms with Gasteiger partial charge in [-0.15, -0.1) is 0 Å². The molecule has 5 nitrogen and oxygen atoms in total. The molecule has 0 radical (unpaired) electrons. The highest BCUT2D eigenvalue weighted by atomic mass is 19.4. The number of nitrogens with two attached hydrogens (primary N) is 1. The number of nitrogens with zero attached hydrogens (tertiary/aromatic N) is 3. The lowest BCUT2D eigenvalue weighted by Gasteiger charge is -2.02. The summed E-state index contributed by atoms with van der Waals surface area (Å²) in [5, 5.41) is 14.2. The number of hydrogen-bond donors (Lipinski definition) is 2. The second-order valence-electron chi connectivity index (χ2n) is 2.92. The van der Waals surface area contributed by atoms with E-state index in [0.717, 1.165) is 10.7 Å². The minimum absolute atomic E-state index is 0.182. The average Bonchev–Trinajstić information content (AvgIpc) is 2.47. The molecule has 0 amide bonds. The maximum atomic E-state index is 12.2. The summed E-state index contributed by atoms with van der Waals surface area (Å²) in [7, 11) is 0. The molecule has 8 heteroatoms. The molecule has 0 unspecified atom stereocenters. The van der Waals surface area contributed by atoms with Gasteiger partial charge in [-0.05, 0) is 13.0 Å². The van der Waals surface area contributed by atoms with Crippen molar-refractivity contribution in [1.29, 1.82) is 0 Å². The van der Waals surface area contributed by atoms with Crippen LogP contribution < -0.4 is 5.73 Å². The van der Waals surface area contributed by atoms with Crippen molar-refractivity contribution in [1.82, 2.24) is 9.78 Å². The standard InChI is InChI=1S/C7H9F3N4O/c1-4-2-5(7(8,9)10)12-14(4)3-6(11)13-15/h2,15H,3H2,1H3,(H2,11,13). The molecular weight excluding hydrogens is 213 g/mol. The van der Waals surface area contributed by atoms with E-state index in [4.69, 9.17) is 10.9 Å². The van der Waals surface area contributed by atoms with E-state index in [-0.39, 0.29) is 18.1 Å². The summed E-state index contributed by atoms with van der Waals surface area (Å²) in [4.78, 5) is 0. The van der Waals surface area contributed by atoms with E-state index in [9.17, 15) is 13.2 Å². The maximum absolute atomic E-state index is 12.2. The predicted molar refractivity (Wildman–Crippen MR) is 45.4 cm³/mol. The molecule has 1 heterocycles. The van der Waals surface area contributed by atoms with Crippen LogP contribution in [0.1, 0.15) is 11.4 Å². The van der Waals surface area contributed by atoms with E-state index in [1.165, 1.54) is 6.92 Å². The van der Waals surface area contributed by atoms with E-state index >= 15 is 0 Å². The van der Waals surface area contributed by atoms with Gasteiger partial charge in [0.1, 0.15) is 6.54 Å². The summed E-state index contributed by atoms with van der Waals surface area (Å²) in [5.74, 6) is -0.213. The van der Waals surface area contributed by atoms with Gasteiger partial charge in [-0.25, -0.2) is 0 Å². The molecule has 1 aromatic heterocycles. The first-order valence-corrected chi connectivity index (χ1v) is 3.92. The molecule has 1 rings (SSSR count). The average molecular weight is 222 g/mol. The molecule has 0 fully saturated rings. The second kappa shape index (κ2) is 3.79. The molecule has 0 saturated heterocycles. The first-order valence-electron chi connectivity index (χ1n) is 3.92. The van der Waals surface area contributed by atoms with Crippen molar-refractivity contribution >= 4 is 5.84 Å². The normalized spacial score (nSPS) is 13.2. The number of aryl methyl sites for hydroxylation is 1. The van der Waals surface area contributed by atoms with Gasteiger partial charge in [0.15, 0.2) is 11.5 Å². The van der Waals surface area contributed by atoms with Crippen LogP contribution in [0.4, 0.5) is 13.2 Å². The second-order valence-corrected chi connectivity index (χ2v) is 2.92. The Morgan fingerprint density at radius 1 is 1.67 bits per heavy atom. The van der Waals surface area contributed by atoms with E-state index in [1.54, 1.807) is 0 Å². The van der Waals surface area contributed by atoms with Crippen LogP contribution in [0, 0.1) is 6.92 Å². The Kier molecular flexibility index (Phi) is 2.87. The van der Waals surface area contributed by atoms with E-state index in [2.05, 4.69) is 10.3 Å². The van der Waals surface area contributed by atoms with Gasteiger partial charge in [-0.2, -0.15) is 18.3 Å². The van der Waals surface area contributed by atoms with Crippen molar-refractivity contribution in [2.45, 2.75) is 19.6 Å². The van der Waals surface area contributed by atoms with E-state index in [0.29, 0.717) is 0 Å². The Morgan fingerprint density at radius 3 is 2.67 bits per heavy atom. The van der Waals surface area contributed by atoms with Crippen LogP contribution in [0.25, 0.3) is 0 Å². The SMILES string of the molecule is Cc1cc(C(F)(F)F)nn1C/C(N)=N\O. The van der Waals surface area contributed by atoms with Crippen molar-refractivity contribution < 1.29 is 18.4 Å². The molecule has 3 N–H and O–H groups in total. The van der Waals surface area contributed by atoms with Crippen LogP contribution in [0.3, 0.4) is 0 Å². The number of hydrogen-bond acceptors (Lipinski definition) is 3. The van der Waals surface area contributed by atoms with Crippen molar-refractivity contribution in [3.63, 3.8) is 0 Å². The molecule has 0 aliphatic carbocycles. The van der Waals surface area contributed by atoms with Crippen molar-refractivity contribution in [3.8, 4) is 0 Å². The first kappa shape index (κ1) is 11.3. The summed E-state index contributed by atoms with van der Waals surface area (Å²) in [6.45, 7) is 1.27. The monoisotopic (exact) mass is 222 g/mol. The fraction of sp³-hybridized carbons (Fsp3) is 0.429. The highest BCUT2D eigenvalue weighted by Crippen LogP contribution is 2.28. The summed E-state index contributed by atoms with van der Waals surface area (Å²) in [5.41, 5.74) is 4.44. The predicted octanol–water partition coefficient (Wildman–Crippen LogP) is 0.957. The Labute approximate surface area is 83.0 Å². The zero-order chi connectivity index (χ0) is 11.6. The lowest BCUT2D eigenvalue weighted by molar-refractivity contribution is -0.141. The van der Waals surface area contributed by atoms with Crippen LogP contribution in [0.5, 0.6) is 0 Å². The summed E-state index contributed by atoms with van der Waals surface area (Å²) in [6, 6.07) is 0.894. The number of alkyl halides is 3. The number of rotatable bonds is 2. The topological polar surface area (TPSA) is 76.4 Å². The largest absolute Gasteiger partial charge is 0.435 e. The minimum Gasteiger partial charge on any atom is -0.409 e. The molecule has 0 aliphatic rings. The molecule has 1 aromatic rings. The van der Waals surface area contributed by atoms with Crippen molar-refractivity contribution in [3.05, 3.63) is 17.5 Å². The Balaban J connectivity index is 2.97. The van der Waals surface area contributed by atoms with Gasteiger partial charge in [-0.1, -0.05) is 5.16 Å². The Morgan fingerprint density at radius 2 is 2.27 bits per heavy atom. The highest BCUT2D eigenvalue weighted by Gasteiger charge is 2.34. The zero-order valence-corrected chi connectivity index (χ0v) is 7.78. The molecule has 0 aromatic carbocycles. The van der Waals surface area contributed by atoms with Crippen LogP contribution in [0.2, 0.25) is 0 Å². The third kappa shape index (κ3) is 2.61. The Hall–Kier alpha value is -1.73. The van der Waals surface area contributed by atoms with Gasteiger partial charge in [0.05, 0.1) is 0 Å². The summed E-state index contributed by atoms with van der Waals surface area (Å²) in [6.07, 6.45) is -4.48. The van der Waals surface area contributed by atoms with Crippen LogP contribution in [-0.4, -0.2) is 20.8 Å². The van der Waals surface area contributed by atoms with Gasteiger partial charge in [-0.3, -0.25) is 4.68 Å². The first-order chi connectivity index (χ1) is 6.84. The molecule has 84 valence electrons. The van der Waals surface area contributed by atoms with Crippen LogP contribution in [0.15, 0.2) is 11.2 Å². The fourth-order valence-corrected chi connectivity index (χ4v) is 0.994.